The summed E-state index contributed by atoms with van der Waals surface area (Å²) in [5.74, 6) is 0. The number of rotatable bonds is 4. The van der Waals surface area contributed by atoms with Gasteiger partial charge < -0.3 is 11.1 Å². The number of nitrogens with one attached hydrogen (secondary N) is 1. The summed E-state index contributed by atoms with van der Waals surface area (Å²) in [4.78, 5) is 0.419. The van der Waals surface area contributed by atoms with Gasteiger partial charge in [-0.3, -0.25) is 0 Å². The summed E-state index contributed by atoms with van der Waals surface area (Å²) >= 11 is 5.04. The van der Waals surface area contributed by atoms with Crippen molar-refractivity contribution in [3.63, 3.8) is 0 Å². The van der Waals surface area contributed by atoms with Gasteiger partial charge in [0, 0.05) is 17.8 Å². The average molecular weight is 256 g/mol. The molecule has 0 radical (unpaired) electrons. The van der Waals surface area contributed by atoms with E-state index in [1.54, 1.807) is 0 Å². The lowest BCUT2D eigenvalue weighted by molar-refractivity contribution is 1.12. The van der Waals surface area contributed by atoms with E-state index in [1.807, 2.05) is 36.4 Å². The van der Waals surface area contributed by atoms with Gasteiger partial charge in [-0.25, -0.2) is 0 Å². The first-order valence-corrected chi connectivity index (χ1v) is 6.26. The van der Waals surface area contributed by atoms with E-state index in [2.05, 4.69) is 24.4 Å². The number of hydrogen-bond donors (Lipinski definition) is 2. The van der Waals surface area contributed by atoms with Crippen molar-refractivity contribution in [2.24, 2.45) is 5.73 Å². The van der Waals surface area contributed by atoms with Gasteiger partial charge in [0.15, 0.2) is 0 Å². The third kappa shape index (κ3) is 2.87. The van der Waals surface area contributed by atoms with E-state index in [9.17, 15) is 0 Å². The van der Waals surface area contributed by atoms with Gasteiger partial charge in [0.05, 0.1) is 0 Å². The quantitative estimate of drug-likeness (QED) is 0.825. The van der Waals surface area contributed by atoms with Crippen LogP contribution in [0, 0.1) is 6.92 Å². The molecule has 0 heterocycles. The Morgan fingerprint density at radius 3 is 2.50 bits per heavy atom. The van der Waals surface area contributed by atoms with Crippen LogP contribution in [-0.2, 0) is 6.54 Å². The fourth-order valence-electron chi connectivity index (χ4n) is 1.85. The second-order valence-electron chi connectivity index (χ2n) is 4.19. The highest BCUT2D eigenvalue weighted by Crippen LogP contribution is 2.17. The molecular formula is C15H16N2S. The minimum absolute atomic E-state index is 0.419. The molecule has 0 aliphatic rings. The minimum atomic E-state index is 0.419. The molecule has 0 spiro atoms. The highest BCUT2D eigenvalue weighted by atomic mass is 32.1. The first-order chi connectivity index (χ1) is 8.68. The Morgan fingerprint density at radius 2 is 1.78 bits per heavy atom. The number of benzene rings is 2. The van der Waals surface area contributed by atoms with Crippen LogP contribution in [0.4, 0.5) is 5.69 Å². The Morgan fingerprint density at radius 1 is 1.11 bits per heavy atom. The van der Waals surface area contributed by atoms with Gasteiger partial charge >= 0.3 is 0 Å². The standard InChI is InChI=1S/C15H16N2S/c1-11-6-2-3-7-12(11)10-17-14-9-5-4-8-13(14)15(16)18/h2-9,17H,10H2,1H3,(H2,16,18). The van der Waals surface area contributed by atoms with Crippen molar-refractivity contribution in [2.45, 2.75) is 13.5 Å². The summed E-state index contributed by atoms with van der Waals surface area (Å²) in [5.41, 5.74) is 10.1. The molecule has 3 heteroatoms. The van der Waals surface area contributed by atoms with Crippen molar-refractivity contribution in [1.82, 2.24) is 0 Å². The molecule has 2 aromatic rings. The molecule has 0 atom stereocenters. The highest BCUT2D eigenvalue weighted by Gasteiger charge is 2.04. The van der Waals surface area contributed by atoms with Crippen LogP contribution in [0.15, 0.2) is 48.5 Å². The fraction of sp³-hybridized carbons (Fsp3) is 0.133. The molecule has 18 heavy (non-hydrogen) atoms. The van der Waals surface area contributed by atoms with E-state index < -0.39 is 0 Å². The largest absolute Gasteiger partial charge is 0.389 e. The summed E-state index contributed by atoms with van der Waals surface area (Å²) in [6.45, 7) is 2.88. The molecule has 0 saturated carbocycles. The van der Waals surface area contributed by atoms with E-state index in [0.717, 1.165) is 17.8 Å². The lowest BCUT2D eigenvalue weighted by atomic mass is 10.1. The molecule has 2 nitrogen and oxygen atoms in total. The van der Waals surface area contributed by atoms with Gasteiger partial charge in [-0.15, -0.1) is 0 Å². The van der Waals surface area contributed by atoms with E-state index in [4.69, 9.17) is 18.0 Å². The maximum atomic E-state index is 5.70. The number of nitrogens with two attached hydrogens (primary N) is 1. The van der Waals surface area contributed by atoms with Crippen LogP contribution in [0.5, 0.6) is 0 Å². The van der Waals surface area contributed by atoms with Crippen LogP contribution in [0.3, 0.4) is 0 Å². The van der Waals surface area contributed by atoms with E-state index in [0.29, 0.717) is 4.99 Å². The van der Waals surface area contributed by atoms with Gasteiger partial charge in [-0.05, 0) is 30.2 Å². The Bertz CT molecular complexity index is 564. The lowest BCUT2D eigenvalue weighted by Crippen LogP contribution is -2.13. The van der Waals surface area contributed by atoms with Gasteiger partial charge in [-0.1, -0.05) is 48.6 Å². The lowest BCUT2D eigenvalue weighted by Gasteiger charge is -2.12. The first-order valence-electron chi connectivity index (χ1n) is 5.85. The number of anilines is 1. The summed E-state index contributed by atoms with van der Waals surface area (Å²) < 4.78 is 0. The summed E-state index contributed by atoms with van der Waals surface area (Å²) in [6, 6.07) is 16.2. The maximum Gasteiger partial charge on any atom is 0.106 e. The molecule has 0 aliphatic carbocycles. The zero-order chi connectivity index (χ0) is 13.0. The predicted octanol–water partition coefficient (Wildman–Crippen LogP) is 3.24. The Hall–Kier alpha value is -1.87. The van der Waals surface area contributed by atoms with Crippen LogP contribution in [0.2, 0.25) is 0 Å². The summed E-state index contributed by atoms with van der Waals surface area (Å²) in [7, 11) is 0. The second kappa shape index (κ2) is 5.65. The molecule has 2 rings (SSSR count). The van der Waals surface area contributed by atoms with Crippen LogP contribution in [0.25, 0.3) is 0 Å². The normalized spacial score (nSPS) is 10.1. The first kappa shape index (κ1) is 12.6. The average Bonchev–Trinajstić information content (AvgIpc) is 2.38. The summed E-state index contributed by atoms with van der Waals surface area (Å²) in [6.07, 6.45) is 0. The fourth-order valence-corrected chi connectivity index (χ4v) is 2.03. The van der Waals surface area contributed by atoms with Crippen molar-refractivity contribution < 1.29 is 0 Å². The number of para-hydroxylation sites is 1. The van der Waals surface area contributed by atoms with Crippen molar-refractivity contribution >= 4 is 22.9 Å². The van der Waals surface area contributed by atoms with Crippen LogP contribution in [0.1, 0.15) is 16.7 Å². The molecule has 0 aliphatic heterocycles. The molecule has 0 bridgehead atoms. The van der Waals surface area contributed by atoms with Crippen LogP contribution < -0.4 is 11.1 Å². The Balaban J connectivity index is 2.16. The van der Waals surface area contributed by atoms with Crippen LogP contribution in [-0.4, -0.2) is 4.99 Å². The van der Waals surface area contributed by atoms with E-state index >= 15 is 0 Å². The minimum Gasteiger partial charge on any atom is -0.389 e. The Kier molecular flexibility index (Phi) is 3.95. The highest BCUT2D eigenvalue weighted by molar-refractivity contribution is 7.80. The molecular weight excluding hydrogens is 240 g/mol. The van der Waals surface area contributed by atoms with Gasteiger partial charge in [0.25, 0.3) is 0 Å². The predicted molar refractivity (Wildman–Crippen MR) is 80.8 cm³/mol. The van der Waals surface area contributed by atoms with Crippen molar-refractivity contribution in [3.05, 3.63) is 65.2 Å². The van der Waals surface area contributed by atoms with Gasteiger partial charge in [0.1, 0.15) is 4.99 Å². The molecule has 0 amide bonds. The third-order valence-corrected chi connectivity index (χ3v) is 3.14. The van der Waals surface area contributed by atoms with Crippen molar-refractivity contribution in [1.29, 1.82) is 0 Å². The molecule has 3 N–H and O–H groups in total. The second-order valence-corrected chi connectivity index (χ2v) is 4.63. The molecule has 0 unspecified atom stereocenters. The Labute approximate surface area is 113 Å². The van der Waals surface area contributed by atoms with Gasteiger partial charge in [-0.2, -0.15) is 0 Å². The smallest absolute Gasteiger partial charge is 0.106 e. The SMILES string of the molecule is Cc1ccccc1CNc1ccccc1C(N)=S. The van der Waals surface area contributed by atoms with E-state index in [1.165, 1.54) is 11.1 Å². The number of hydrogen-bond acceptors (Lipinski definition) is 2. The van der Waals surface area contributed by atoms with Crippen LogP contribution >= 0.6 is 12.2 Å². The monoisotopic (exact) mass is 256 g/mol. The molecule has 0 fully saturated rings. The van der Waals surface area contributed by atoms with Crippen molar-refractivity contribution in [2.75, 3.05) is 5.32 Å². The molecule has 2 aromatic carbocycles. The molecule has 0 aromatic heterocycles. The van der Waals surface area contributed by atoms with Crippen molar-refractivity contribution in [3.8, 4) is 0 Å². The number of thiocarbonyl (C=S) groups is 1. The molecule has 92 valence electrons. The maximum absolute atomic E-state index is 5.70. The summed E-state index contributed by atoms with van der Waals surface area (Å²) in [5, 5.41) is 3.38. The number of aryl methyl sites for hydroxylation is 1. The zero-order valence-corrected chi connectivity index (χ0v) is 11.1. The third-order valence-electron chi connectivity index (χ3n) is 2.92. The van der Waals surface area contributed by atoms with Gasteiger partial charge in [0.2, 0.25) is 0 Å². The van der Waals surface area contributed by atoms with E-state index in [-0.39, 0.29) is 0 Å². The topological polar surface area (TPSA) is 38.0 Å². The zero-order valence-electron chi connectivity index (χ0n) is 10.3. The molecule has 0 saturated heterocycles.